The smallest absolute Gasteiger partial charge is 0.223 e. The predicted molar refractivity (Wildman–Crippen MR) is 126 cm³/mol. The van der Waals surface area contributed by atoms with Crippen molar-refractivity contribution in [1.82, 2.24) is 14.7 Å². The maximum Gasteiger partial charge on any atom is 0.223 e. The highest BCUT2D eigenvalue weighted by Crippen LogP contribution is 2.38. The molecule has 1 spiro atoms. The quantitative estimate of drug-likeness (QED) is 0.735. The van der Waals surface area contributed by atoms with E-state index in [-0.39, 0.29) is 0 Å². The van der Waals surface area contributed by atoms with Crippen LogP contribution in [0.1, 0.15) is 56.9 Å². The molecule has 0 bridgehead atoms. The number of hydrogen-bond acceptors (Lipinski definition) is 4. The van der Waals surface area contributed by atoms with E-state index in [0.29, 0.717) is 17.7 Å². The van der Waals surface area contributed by atoms with Crippen molar-refractivity contribution in [2.75, 3.05) is 59.5 Å². The summed E-state index contributed by atoms with van der Waals surface area (Å²) >= 11 is 0. The number of carbonyl (C=O) groups is 1. The number of amides is 1. The molecule has 5 heteroatoms. The lowest BCUT2D eigenvalue weighted by molar-refractivity contribution is -0.134. The van der Waals surface area contributed by atoms with E-state index in [9.17, 15) is 4.79 Å². The van der Waals surface area contributed by atoms with Gasteiger partial charge in [-0.3, -0.25) is 4.79 Å². The second-order valence-electron chi connectivity index (χ2n) is 10.1. The summed E-state index contributed by atoms with van der Waals surface area (Å²) in [6, 6.07) is 8.52. The number of likely N-dealkylation sites (tertiary alicyclic amines) is 2. The molecule has 1 amide bonds. The molecular weight excluding hydrogens is 386 g/mol. The maximum atomic E-state index is 12.8. The molecular formula is C26H41N3O2. The van der Waals surface area contributed by atoms with Gasteiger partial charge in [0.15, 0.2) is 0 Å². The minimum Gasteiger partial charge on any atom is -0.492 e. The van der Waals surface area contributed by atoms with Crippen LogP contribution in [0.5, 0.6) is 5.75 Å². The summed E-state index contributed by atoms with van der Waals surface area (Å²) in [5.74, 6) is 1.43. The van der Waals surface area contributed by atoms with Crippen molar-refractivity contribution in [2.24, 2.45) is 5.41 Å². The molecule has 3 aliphatic rings. The first kappa shape index (κ1) is 22.6. The van der Waals surface area contributed by atoms with Gasteiger partial charge in [0.2, 0.25) is 5.91 Å². The Morgan fingerprint density at radius 3 is 2.55 bits per heavy atom. The largest absolute Gasteiger partial charge is 0.492 e. The standard InChI is InChI=1S/C26H41N3O2/c1-27-20-21-31-24-10-3-2-8-23(24)9-4-5-12-26(22-27)13-18-29(19-14-26)25(30)11-17-28-15-6-7-16-28/h2-3,8,10H,4-7,9,11-22H2,1H3. The molecule has 2 fully saturated rings. The van der Waals surface area contributed by atoms with Gasteiger partial charge in [0.1, 0.15) is 12.4 Å². The van der Waals surface area contributed by atoms with Crippen LogP contribution in [-0.2, 0) is 11.2 Å². The highest BCUT2D eigenvalue weighted by Gasteiger charge is 2.36. The van der Waals surface area contributed by atoms with Gasteiger partial charge < -0.3 is 19.4 Å². The van der Waals surface area contributed by atoms with E-state index < -0.39 is 0 Å². The first-order valence-corrected chi connectivity index (χ1v) is 12.5. The summed E-state index contributed by atoms with van der Waals surface area (Å²) in [4.78, 5) is 19.8. The van der Waals surface area contributed by atoms with Gasteiger partial charge in [-0.25, -0.2) is 0 Å². The summed E-state index contributed by atoms with van der Waals surface area (Å²) in [6.07, 6.45) is 10.4. The van der Waals surface area contributed by atoms with Crippen molar-refractivity contribution < 1.29 is 9.53 Å². The highest BCUT2D eigenvalue weighted by atomic mass is 16.5. The number of carbonyl (C=O) groups excluding carboxylic acids is 1. The first-order chi connectivity index (χ1) is 15.1. The van der Waals surface area contributed by atoms with Gasteiger partial charge in [-0.15, -0.1) is 0 Å². The summed E-state index contributed by atoms with van der Waals surface area (Å²) < 4.78 is 6.13. The molecule has 0 atom stereocenters. The normalized spacial score (nSPS) is 23.6. The van der Waals surface area contributed by atoms with Crippen LogP contribution >= 0.6 is 0 Å². The van der Waals surface area contributed by atoms with Gasteiger partial charge in [0, 0.05) is 39.1 Å². The van der Waals surface area contributed by atoms with Gasteiger partial charge in [-0.2, -0.15) is 0 Å². The van der Waals surface area contributed by atoms with E-state index in [4.69, 9.17) is 4.74 Å². The van der Waals surface area contributed by atoms with Gasteiger partial charge in [-0.05, 0) is 82.1 Å². The third-order valence-corrected chi connectivity index (χ3v) is 7.73. The number of hydrogen-bond donors (Lipinski definition) is 0. The molecule has 3 aliphatic heterocycles. The Hall–Kier alpha value is -1.59. The molecule has 4 rings (SSSR count). The molecule has 0 aromatic heterocycles. The van der Waals surface area contributed by atoms with E-state index in [1.54, 1.807) is 0 Å². The van der Waals surface area contributed by atoms with Crippen molar-refractivity contribution in [1.29, 1.82) is 0 Å². The lowest BCUT2D eigenvalue weighted by Gasteiger charge is -2.44. The predicted octanol–water partition coefficient (Wildman–Crippen LogP) is 3.82. The van der Waals surface area contributed by atoms with Crippen LogP contribution in [0, 0.1) is 5.41 Å². The number of nitrogens with zero attached hydrogens (tertiary/aromatic N) is 3. The van der Waals surface area contributed by atoms with Gasteiger partial charge in [-0.1, -0.05) is 24.6 Å². The Morgan fingerprint density at radius 2 is 1.74 bits per heavy atom. The van der Waals surface area contributed by atoms with E-state index in [2.05, 4.69) is 46.0 Å². The van der Waals surface area contributed by atoms with Crippen LogP contribution < -0.4 is 4.74 Å². The number of ether oxygens (including phenoxy) is 1. The zero-order chi connectivity index (χ0) is 21.5. The summed E-state index contributed by atoms with van der Waals surface area (Å²) in [5.41, 5.74) is 1.69. The van der Waals surface area contributed by atoms with Crippen molar-refractivity contribution in [3.05, 3.63) is 29.8 Å². The van der Waals surface area contributed by atoms with Crippen LogP contribution in [-0.4, -0.2) is 80.1 Å². The Labute approximate surface area is 188 Å². The van der Waals surface area contributed by atoms with Crippen LogP contribution in [0.25, 0.3) is 0 Å². The summed E-state index contributed by atoms with van der Waals surface area (Å²) in [6.45, 7) is 7.99. The average Bonchev–Trinajstić information content (AvgIpc) is 3.29. The lowest BCUT2D eigenvalue weighted by Crippen LogP contribution is -2.48. The fourth-order valence-electron chi connectivity index (χ4n) is 5.77. The lowest BCUT2D eigenvalue weighted by atomic mass is 9.73. The van der Waals surface area contributed by atoms with Crippen molar-refractivity contribution in [2.45, 2.75) is 57.8 Å². The van der Waals surface area contributed by atoms with Crippen LogP contribution in [0.15, 0.2) is 24.3 Å². The third-order valence-electron chi connectivity index (χ3n) is 7.73. The SMILES string of the molecule is CN1CCOc2ccccc2CCCCC2(CCN(C(=O)CCN3CCCC3)CC2)C1. The number of aryl methyl sites for hydroxylation is 1. The zero-order valence-corrected chi connectivity index (χ0v) is 19.5. The van der Waals surface area contributed by atoms with Crippen LogP contribution in [0.3, 0.4) is 0 Å². The molecule has 2 saturated heterocycles. The van der Waals surface area contributed by atoms with E-state index >= 15 is 0 Å². The molecule has 1 aromatic rings. The number of likely N-dealkylation sites (N-methyl/N-ethyl adjacent to an activating group) is 1. The maximum absolute atomic E-state index is 12.8. The Bertz CT molecular complexity index is 708. The molecule has 0 unspecified atom stereocenters. The third kappa shape index (κ3) is 6.23. The van der Waals surface area contributed by atoms with Crippen molar-refractivity contribution >= 4 is 5.91 Å². The minimum atomic E-state index is 0.346. The van der Waals surface area contributed by atoms with Gasteiger partial charge in [0.05, 0.1) is 0 Å². The summed E-state index contributed by atoms with van der Waals surface area (Å²) in [7, 11) is 2.23. The fourth-order valence-corrected chi connectivity index (χ4v) is 5.77. The molecule has 5 nitrogen and oxygen atoms in total. The molecule has 172 valence electrons. The zero-order valence-electron chi connectivity index (χ0n) is 19.5. The molecule has 0 saturated carbocycles. The van der Waals surface area contributed by atoms with Gasteiger partial charge >= 0.3 is 0 Å². The number of para-hydroxylation sites is 1. The number of benzene rings is 1. The molecule has 0 aliphatic carbocycles. The highest BCUT2D eigenvalue weighted by molar-refractivity contribution is 5.76. The fraction of sp³-hybridized carbons (Fsp3) is 0.731. The molecule has 0 N–H and O–H groups in total. The van der Waals surface area contributed by atoms with Gasteiger partial charge in [0.25, 0.3) is 0 Å². The molecule has 0 radical (unpaired) electrons. The number of piperidine rings is 1. The monoisotopic (exact) mass is 427 g/mol. The number of rotatable bonds is 3. The van der Waals surface area contributed by atoms with E-state index in [1.807, 2.05) is 0 Å². The second-order valence-corrected chi connectivity index (χ2v) is 10.1. The van der Waals surface area contributed by atoms with Crippen molar-refractivity contribution in [3.8, 4) is 5.75 Å². The molecule has 3 heterocycles. The molecule has 31 heavy (non-hydrogen) atoms. The van der Waals surface area contributed by atoms with E-state index in [1.165, 1.54) is 50.8 Å². The van der Waals surface area contributed by atoms with Crippen LogP contribution in [0.4, 0.5) is 0 Å². The van der Waals surface area contributed by atoms with Crippen LogP contribution in [0.2, 0.25) is 0 Å². The second kappa shape index (κ2) is 10.8. The Kier molecular flexibility index (Phi) is 7.89. The van der Waals surface area contributed by atoms with Crippen molar-refractivity contribution in [3.63, 3.8) is 0 Å². The topological polar surface area (TPSA) is 36.0 Å². The number of fused-ring (bicyclic) bond motifs is 1. The first-order valence-electron chi connectivity index (χ1n) is 12.5. The summed E-state index contributed by atoms with van der Waals surface area (Å²) in [5, 5.41) is 0. The molecule has 1 aromatic carbocycles. The van der Waals surface area contributed by atoms with E-state index in [0.717, 1.165) is 64.3 Å². The Balaban J connectivity index is 1.31. The Morgan fingerprint density at radius 1 is 0.968 bits per heavy atom. The average molecular weight is 428 g/mol. The minimum absolute atomic E-state index is 0.346.